The van der Waals surface area contributed by atoms with E-state index in [9.17, 15) is 8.42 Å². The minimum Gasteiger partial charge on any atom is -0.280 e. The van der Waals surface area contributed by atoms with Gasteiger partial charge in [0.2, 0.25) is 0 Å². The van der Waals surface area contributed by atoms with Crippen molar-refractivity contribution in [2.45, 2.75) is 19.8 Å². The van der Waals surface area contributed by atoms with Gasteiger partial charge in [-0.2, -0.15) is 0 Å². The second kappa shape index (κ2) is 6.99. The van der Waals surface area contributed by atoms with Crippen LogP contribution in [0.15, 0.2) is 53.9 Å². The zero-order valence-corrected chi connectivity index (χ0v) is 14.0. The number of rotatable bonds is 5. The molecule has 5 heteroatoms. The highest BCUT2D eigenvalue weighted by molar-refractivity contribution is 7.95. The summed E-state index contributed by atoms with van der Waals surface area (Å²) in [5, 5.41) is 1.77. The zero-order valence-electron chi connectivity index (χ0n) is 12.5. The molecule has 0 radical (unpaired) electrons. The first-order chi connectivity index (χ1) is 10.4. The molecule has 2 aromatic carbocycles. The van der Waals surface area contributed by atoms with Gasteiger partial charge in [0, 0.05) is 5.02 Å². The molecule has 0 aromatic heterocycles. The number of para-hydroxylation sites is 1. The Morgan fingerprint density at radius 1 is 1.05 bits per heavy atom. The minimum atomic E-state index is -3.56. The highest BCUT2D eigenvalue weighted by Crippen LogP contribution is 2.24. The fraction of sp³-hybridized carbons (Fsp3) is 0.176. The fourth-order valence-electron chi connectivity index (χ4n) is 2.02. The average Bonchev–Trinajstić information content (AvgIpc) is 2.46. The van der Waals surface area contributed by atoms with Gasteiger partial charge in [0.1, 0.15) is 0 Å². The minimum absolute atomic E-state index is 0.235. The summed E-state index contributed by atoms with van der Waals surface area (Å²) in [7, 11) is -3.56. The Kier molecular flexibility index (Phi) is 5.27. The van der Waals surface area contributed by atoms with Crippen LogP contribution in [0, 0.1) is 0 Å². The molecule has 22 heavy (non-hydrogen) atoms. The number of anilines is 1. The van der Waals surface area contributed by atoms with Crippen LogP contribution < -0.4 is 4.72 Å². The summed E-state index contributed by atoms with van der Waals surface area (Å²) < 4.78 is 27.0. The van der Waals surface area contributed by atoms with Crippen molar-refractivity contribution in [2.75, 3.05) is 4.72 Å². The summed E-state index contributed by atoms with van der Waals surface area (Å²) in [4.78, 5) is 0. The van der Waals surface area contributed by atoms with Gasteiger partial charge in [-0.25, -0.2) is 8.42 Å². The third kappa shape index (κ3) is 4.61. The number of benzene rings is 2. The molecule has 0 heterocycles. The van der Waals surface area contributed by atoms with Gasteiger partial charge in [0.15, 0.2) is 0 Å². The number of hydrogen-bond donors (Lipinski definition) is 1. The van der Waals surface area contributed by atoms with Crippen molar-refractivity contribution in [3.8, 4) is 0 Å². The van der Waals surface area contributed by atoms with Crippen molar-refractivity contribution in [3.63, 3.8) is 0 Å². The molecular formula is C17H18ClNO2S. The maximum Gasteiger partial charge on any atom is 0.255 e. The predicted octanol–water partition coefficient (Wildman–Crippen LogP) is 4.88. The number of hydrogen-bond acceptors (Lipinski definition) is 2. The molecule has 116 valence electrons. The second-order valence-corrected chi connectivity index (χ2v) is 7.25. The van der Waals surface area contributed by atoms with Crippen molar-refractivity contribution in [3.05, 3.63) is 70.1 Å². The molecular weight excluding hydrogens is 318 g/mol. The van der Waals surface area contributed by atoms with Crippen molar-refractivity contribution in [1.29, 1.82) is 0 Å². The van der Waals surface area contributed by atoms with E-state index >= 15 is 0 Å². The lowest BCUT2D eigenvalue weighted by Gasteiger charge is -2.13. The van der Waals surface area contributed by atoms with Crippen molar-refractivity contribution in [1.82, 2.24) is 0 Å². The van der Waals surface area contributed by atoms with E-state index in [-0.39, 0.29) is 5.92 Å². The third-order valence-electron chi connectivity index (χ3n) is 3.14. The van der Waals surface area contributed by atoms with Gasteiger partial charge >= 0.3 is 0 Å². The number of nitrogens with one attached hydrogen (secondary N) is 1. The van der Waals surface area contributed by atoms with Crippen LogP contribution in [-0.4, -0.2) is 8.42 Å². The molecule has 0 aliphatic carbocycles. The largest absolute Gasteiger partial charge is 0.280 e. The summed E-state index contributed by atoms with van der Waals surface area (Å²) in [6, 6.07) is 14.4. The molecule has 0 aliphatic rings. The van der Waals surface area contributed by atoms with Gasteiger partial charge < -0.3 is 0 Å². The molecule has 2 rings (SSSR count). The van der Waals surface area contributed by atoms with E-state index in [1.54, 1.807) is 30.3 Å². The second-order valence-electron chi connectivity index (χ2n) is 5.24. The fourth-order valence-corrected chi connectivity index (χ4v) is 3.05. The van der Waals surface area contributed by atoms with E-state index in [2.05, 4.69) is 4.72 Å². The highest BCUT2D eigenvalue weighted by Gasteiger charge is 2.11. The molecule has 2 aromatic rings. The molecule has 3 nitrogen and oxygen atoms in total. The third-order valence-corrected chi connectivity index (χ3v) is 4.40. The smallest absolute Gasteiger partial charge is 0.255 e. The first-order valence-corrected chi connectivity index (χ1v) is 8.85. The van der Waals surface area contributed by atoms with Crippen LogP contribution in [0.4, 0.5) is 5.69 Å². The van der Waals surface area contributed by atoms with Crippen LogP contribution in [0.25, 0.3) is 6.08 Å². The zero-order chi connectivity index (χ0) is 16.2. The van der Waals surface area contributed by atoms with E-state index in [0.29, 0.717) is 10.7 Å². The van der Waals surface area contributed by atoms with Crippen molar-refractivity contribution >= 4 is 33.4 Å². The van der Waals surface area contributed by atoms with Crippen LogP contribution in [0.3, 0.4) is 0 Å². The Morgan fingerprint density at radius 3 is 2.32 bits per heavy atom. The normalized spacial score (nSPS) is 12.0. The summed E-state index contributed by atoms with van der Waals surface area (Å²) >= 11 is 5.80. The Morgan fingerprint density at radius 2 is 1.68 bits per heavy atom. The molecule has 0 amide bonds. The Bertz CT molecular complexity index is 766. The van der Waals surface area contributed by atoms with Crippen LogP contribution >= 0.6 is 11.6 Å². The monoisotopic (exact) mass is 335 g/mol. The SMILES string of the molecule is CC(C)c1ccccc1NS(=O)(=O)/C=C/c1ccc(Cl)cc1. The van der Waals surface area contributed by atoms with Gasteiger partial charge in [-0.3, -0.25) is 4.72 Å². The number of halogens is 1. The van der Waals surface area contributed by atoms with Crippen LogP contribution in [0.5, 0.6) is 0 Å². The maximum atomic E-state index is 12.2. The van der Waals surface area contributed by atoms with E-state index in [1.165, 1.54) is 6.08 Å². The molecule has 0 atom stereocenters. The van der Waals surface area contributed by atoms with Crippen LogP contribution in [0.2, 0.25) is 5.02 Å². The van der Waals surface area contributed by atoms with Gasteiger partial charge in [-0.15, -0.1) is 0 Å². The predicted molar refractivity (Wildman–Crippen MR) is 93.6 cm³/mol. The van der Waals surface area contributed by atoms with Crippen molar-refractivity contribution in [2.24, 2.45) is 0 Å². The molecule has 0 saturated heterocycles. The summed E-state index contributed by atoms with van der Waals surface area (Å²) in [6.07, 6.45) is 1.54. The van der Waals surface area contributed by atoms with Gasteiger partial charge in [0.05, 0.1) is 11.1 Å². The first kappa shape index (κ1) is 16.6. The molecule has 0 bridgehead atoms. The first-order valence-electron chi connectivity index (χ1n) is 6.93. The van der Waals surface area contributed by atoms with Crippen molar-refractivity contribution < 1.29 is 8.42 Å². The molecule has 0 unspecified atom stereocenters. The lowest BCUT2D eigenvalue weighted by Crippen LogP contribution is -2.11. The van der Waals surface area contributed by atoms with Gasteiger partial charge in [0.25, 0.3) is 10.0 Å². The maximum absolute atomic E-state index is 12.2. The number of sulfonamides is 1. The topological polar surface area (TPSA) is 46.2 Å². The van der Waals surface area contributed by atoms with Crippen LogP contribution in [-0.2, 0) is 10.0 Å². The van der Waals surface area contributed by atoms with E-state index in [1.807, 2.05) is 32.0 Å². The van der Waals surface area contributed by atoms with E-state index in [4.69, 9.17) is 11.6 Å². The van der Waals surface area contributed by atoms with Gasteiger partial charge in [-0.05, 0) is 41.3 Å². The Balaban J connectivity index is 2.20. The molecule has 0 fully saturated rings. The van der Waals surface area contributed by atoms with E-state index in [0.717, 1.165) is 16.5 Å². The molecule has 0 spiro atoms. The van der Waals surface area contributed by atoms with Crippen LogP contribution in [0.1, 0.15) is 30.9 Å². The Hall–Kier alpha value is -1.78. The lowest BCUT2D eigenvalue weighted by atomic mass is 10.0. The van der Waals surface area contributed by atoms with Gasteiger partial charge in [-0.1, -0.05) is 55.8 Å². The quantitative estimate of drug-likeness (QED) is 0.846. The average molecular weight is 336 g/mol. The summed E-state index contributed by atoms with van der Waals surface area (Å²) in [5.74, 6) is 0.235. The van der Waals surface area contributed by atoms with E-state index < -0.39 is 10.0 Å². The molecule has 1 N–H and O–H groups in total. The lowest BCUT2D eigenvalue weighted by molar-refractivity contribution is 0.609. The summed E-state index contributed by atoms with van der Waals surface area (Å²) in [5.41, 5.74) is 2.34. The molecule has 0 aliphatic heterocycles. The Labute approximate surface area is 136 Å². The highest BCUT2D eigenvalue weighted by atomic mass is 35.5. The standard InChI is InChI=1S/C17H18ClNO2S/c1-13(2)16-5-3-4-6-17(16)19-22(20,21)12-11-14-7-9-15(18)10-8-14/h3-13,19H,1-2H3/b12-11+. The molecule has 0 saturated carbocycles. The summed E-state index contributed by atoms with van der Waals surface area (Å²) in [6.45, 7) is 4.05.